The van der Waals surface area contributed by atoms with E-state index >= 15 is 0 Å². The van der Waals surface area contributed by atoms with Gasteiger partial charge in [-0.3, -0.25) is 0 Å². The molecule has 0 fully saturated rings. The van der Waals surface area contributed by atoms with Crippen molar-refractivity contribution in [2.24, 2.45) is 0 Å². The van der Waals surface area contributed by atoms with Gasteiger partial charge in [-0.1, -0.05) is 84.9 Å². The summed E-state index contributed by atoms with van der Waals surface area (Å²) in [6.45, 7) is 0. The Labute approximate surface area is 164 Å². The average molecular weight is 362 g/mol. The van der Waals surface area contributed by atoms with Crippen LogP contribution >= 0.6 is 0 Å². The molecule has 0 aromatic heterocycles. The van der Waals surface area contributed by atoms with Gasteiger partial charge in [0.05, 0.1) is 0 Å². The van der Waals surface area contributed by atoms with Crippen LogP contribution in [0.2, 0.25) is 0 Å². The molecule has 2 N–H and O–H groups in total. The third-order valence-corrected chi connectivity index (χ3v) is 5.52. The molecule has 134 valence electrons. The van der Waals surface area contributed by atoms with Gasteiger partial charge in [-0.2, -0.15) is 0 Å². The van der Waals surface area contributed by atoms with E-state index in [0.29, 0.717) is 5.46 Å². The van der Waals surface area contributed by atoms with Crippen LogP contribution in [-0.4, -0.2) is 17.2 Å². The molecule has 0 radical (unpaired) electrons. The molecule has 0 saturated carbocycles. The lowest BCUT2D eigenvalue weighted by Gasteiger charge is -2.13. The van der Waals surface area contributed by atoms with E-state index in [1.807, 2.05) is 42.5 Å². The molecule has 0 bridgehead atoms. The highest BCUT2D eigenvalue weighted by atomic mass is 16.4. The van der Waals surface area contributed by atoms with E-state index in [4.69, 9.17) is 0 Å². The van der Waals surface area contributed by atoms with E-state index < -0.39 is 7.12 Å². The van der Waals surface area contributed by atoms with Crippen molar-refractivity contribution in [3.05, 3.63) is 102 Å². The Balaban J connectivity index is 1.70. The smallest absolute Gasteiger partial charge is 0.423 e. The lowest BCUT2D eigenvalue weighted by Crippen LogP contribution is -2.30. The van der Waals surface area contributed by atoms with Crippen LogP contribution in [0.25, 0.3) is 33.4 Å². The molecular formula is C25H19BO2. The first-order chi connectivity index (χ1) is 13.7. The van der Waals surface area contributed by atoms with Gasteiger partial charge < -0.3 is 10.0 Å². The van der Waals surface area contributed by atoms with Gasteiger partial charge in [0.1, 0.15) is 0 Å². The van der Waals surface area contributed by atoms with Crippen molar-refractivity contribution in [3.8, 4) is 33.4 Å². The molecule has 1 aliphatic rings. The summed E-state index contributed by atoms with van der Waals surface area (Å²) in [6, 6.07) is 30.8. The second-order valence-corrected chi connectivity index (χ2v) is 7.25. The molecule has 4 aromatic carbocycles. The maximum atomic E-state index is 9.86. The van der Waals surface area contributed by atoms with Crippen LogP contribution in [0.1, 0.15) is 11.1 Å². The van der Waals surface area contributed by atoms with Gasteiger partial charge in [0.25, 0.3) is 0 Å². The molecule has 5 rings (SSSR count). The number of fused-ring (bicyclic) bond motifs is 3. The van der Waals surface area contributed by atoms with Crippen LogP contribution in [0, 0.1) is 0 Å². The van der Waals surface area contributed by atoms with Crippen molar-refractivity contribution in [3.63, 3.8) is 0 Å². The maximum absolute atomic E-state index is 9.86. The van der Waals surface area contributed by atoms with Gasteiger partial charge in [0, 0.05) is 0 Å². The minimum atomic E-state index is -1.50. The summed E-state index contributed by atoms with van der Waals surface area (Å²) in [7, 11) is -1.50. The highest BCUT2D eigenvalue weighted by Gasteiger charge is 2.22. The number of hydrogen-bond acceptors (Lipinski definition) is 2. The fraction of sp³-hybridized carbons (Fsp3) is 0.0400. The lowest BCUT2D eigenvalue weighted by atomic mass is 9.77. The van der Waals surface area contributed by atoms with Crippen LogP contribution in [0.3, 0.4) is 0 Å². The van der Waals surface area contributed by atoms with E-state index in [1.54, 1.807) is 0 Å². The predicted octanol–water partition coefficient (Wildman–Crippen LogP) is 4.27. The molecule has 1 aliphatic carbocycles. The first-order valence-corrected chi connectivity index (χ1v) is 9.48. The molecule has 3 heteroatoms. The monoisotopic (exact) mass is 362 g/mol. The molecule has 2 nitrogen and oxygen atoms in total. The summed E-state index contributed by atoms with van der Waals surface area (Å²) in [5, 5.41) is 19.7. The summed E-state index contributed by atoms with van der Waals surface area (Å²) < 4.78 is 0. The molecule has 0 unspecified atom stereocenters. The molecule has 0 amide bonds. The van der Waals surface area contributed by atoms with Crippen LogP contribution < -0.4 is 5.46 Å². The quantitative estimate of drug-likeness (QED) is 0.471. The molecular weight excluding hydrogens is 343 g/mol. The first kappa shape index (κ1) is 17.0. The zero-order chi connectivity index (χ0) is 19.1. The SMILES string of the molecule is OB(O)c1cc(-c2ccccc2)cc(-c2cccc3c2Cc2ccccc2-3)c1. The topological polar surface area (TPSA) is 40.5 Å². The van der Waals surface area contributed by atoms with Crippen LogP contribution in [0.5, 0.6) is 0 Å². The summed E-state index contributed by atoms with van der Waals surface area (Å²) in [4.78, 5) is 0. The number of hydrogen-bond donors (Lipinski definition) is 2. The Bertz CT molecular complexity index is 1170. The molecule has 4 aromatic rings. The highest BCUT2D eigenvalue weighted by molar-refractivity contribution is 6.58. The Hall–Kier alpha value is -3.14. The molecule has 0 heterocycles. The van der Waals surface area contributed by atoms with Crippen LogP contribution in [-0.2, 0) is 6.42 Å². The van der Waals surface area contributed by atoms with E-state index in [9.17, 15) is 10.0 Å². The van der Waals surface area contributed by atoms with Crippen molar-refractivity contribution in [2.45, 2.75) is 6.42 Å². The number of benzene rings is 4. The van der Waals surface area contributed by atoms with E-state index in [-0.39, 0.29) is 0 Å². The second kappa shape index (κ2) is 6.79. The van der Waals surface area contributed by atoms with Gasteiger partial charge in [-0.05, 0) is 62.5 Å². The normalized spacial score (nSPS) is 11.8. The van der Waals surface area contributed by atoms with Crippen LogP contribution in [0.15, 0.2) is 91.0 Å². The largest absolute Gasteiger partial charge is 0.488 e. The zero-order valence-corrected chi connectivity index (χ0v) is 15.3. The molecule has 0 aliphatic heterocycles. The summed E-state index contributed by atoms with van der Waals surface area (Å²) in [5.74, 6) is 0. The van der Waals surface area contributed by atoms with Crippen molar-refractivity contribution in [1.29, 1.82) is 0 Å². The van der Waals surface area contributed by atoms with E-state index in [1.165, 1.54) is 22.3 Å². The van der Waals surface area contributed by atoms with Crippen LogP contribution in [0.4, 0.5) is 0 Å². The number of rotatable bonds is 3. The first-order valence-electron chi connectivity index (χ1n) is 9.48. The molecule has 28 heavy (non-hydrogen) atoms. The third-order valence-electron chi connectivity index (χ3n) is 5.52. The minimum Gasteiger partial charge on any atom is -0.423 e. The third kappa shape index (κ3) is 2.86. The van der Waals surface area contributed by atoms with Gasteiger partial charge in [-0.15, -0.1) is 0 Å². The summed E-state index contributed by atoms with van der Waals surface area (Å²) in [5.41, 5.74) is 9.90. The molecule has 0 saturated heterocycles. The predicted molar refractivity (Wildman–Crippen MR) is 115 cm³/mol. The molecule has 0 spiro atoms. The Morgan fingerprint density at radius 2 is 1.25 bits per heavy atom. The Kier molecular flexibility index (Phi) is 4.12. The van der Waals surface area contributed by atoms with Crippen molar-refractivity contribution >= 4 is 12.6 Å². The van der Waals surface area contributed by atoms with Crippen molar-refractivity contribution in [2.75, 3.05) is 0 Å². The van der Waals surface area contributed by atoms with Gasteiger partial charge in [0.15, 0.2) is 0 Å². The standard InChI is InChI=1S/C25H19BO2/c27-26(28)21-14-19(17-7-2-1-3-8-17)13-20(15-21)23-11-6-12-24-22-10-5-4-9-18(22)16-25(23)24/h1-15,27-28H,16H2. The zero-order valence-electron chi connectivity index (χ0n) is 15.3. The Morgan fingerprint density at radius 3 is 2.07 bits per heavy atom. The second-order valence-electron chi connectivity index (χ2n) is 7.25. The lowest BCUT2D eigenvalue weighted by molar-refractivity contribution is 0.426. The van der Waals surface area contributed by atoms with Gasteiger partial charge in [-0.25, -0.2) is 0 Å². The van der Waals surface area contributed by atoms with Crippen molar-refractivity contribution in [1.82, 2.24) is 0 Å². The summed E-state index contributed by atoms with van der Waals surface area (Å²) in [6.07, 6.45) is 0.897. The minimum absolute atomic E-state index is 0.504. The van der Waals surface area contributed by atoms with Crippen molar-refractivity contribution < 1.29 is 10.0 Å². The average Bonchev–Trinajstić information content (AvgIpc) is 3.13. The van der Waals surface area contributed by atoms with Gasteiger partial charge >= 0.3 is 7.12 Å². The van der Waals surface area contributed by atoms with E-state index in [0.717, 1.165) is 28.7 Å². The Morgan fingerprint density at radius 1 is 0.571 bits per heavy atom. The van der Waals surface area contributed by atoms with E-state index in [2.05, 4.69) is 48.5 Å². The van der Waals surface area contributed by atoms with Gasteiger partial charge in [0.2, 0.25) is 0 Å². The summed E-state index contributed by atoms with van der Waals surface area (Å²) >= 11 is 0. The fourth-order valence-electron chi connectivity index (χ4n) is 4.18. The maximum Gasteiger partial charge on any atom is 0.488 e. The highest BCUT2D eigenvalue weighted by Crippen LogP contribution is 2.41. The fourth-order valence-corrected chi connectivity index (χ4v) is 4.18. The molecule has 0 atom stereocenters.